The fraction of sp³-hybridized carbons (Fsp3) is 0.769. The van der Waals surface area contributed by atoms with E-state index in [-0.39, 0.29) is 4.90 Å². The second kappa shape index (κ2) is 18.0. The van der Waals surface area contributed by atoms with Gasteiger partial charge in [-0.15, -0.1) is 0 Å². The molecule has 1 rings (SSSR count). The van der Waals surface area contributed by atoms with E-state index in [1.165, 1.54) is 82.1 Å². The van der Waals surface area contributed by atoms with Crippen molar-refractivity contribution in [3.05, 3.63) is 29.8 Å². The van der Waals surface area contributed by atoms with Crippen LogP contribution in [0.2, 0.25) is 0 Å². The van der Waals surface area contributed by atoms with Crippen molar-refractivity contribution in [2.75, 3.05) is 24.6 Å². The fourth-order valence-corrected chi connectivity index (χ4v) is 7.52. The molecular formula is C26H49O3PS. The lowest BCUT2D eigenvalue weighted by Gasteiger charge is -2.20. The monoisotopic (exact) mass is 472 g/mol. The summed E-state index contributed by atoms with van der Waals surface area (Å²) in [6.45, 7) is 11.6. The van der Waals surface area contributed by atoms with Gasteiger partial charge in [0.05, 0.1) is 29.5 Å². The summed E-state index contributed by atoms with van der Waals surface area (Å²) in [5, 5.41) is 0. The molecule has 0 saturated heterocycles. The zero-order valence-electron chi connectivity index (χ0n) is 21.0. The van der Waals surface area contributed by atoms with E-state index >= 15 is 0 Å². The summed E-state index contributed by atoms with van der Waals surface area (Å²) in [4.78, 5) is -0.0501. The molecule has 182 valence electrons. The van der Waals surface area contributed by atoms with Crippen LogP contribution in [-0.2, 0) is 16.5 Å². The van der Waals surface area contributed by atoms with Crippen molar-refractivity contribution >= 4 is 17.4 Å². The van der Waals surface area contributed by atoms with E-state index in [4.69, 9.17) is 0 Å². The largest absolute Gasteiger partial charge is 0.744 e. The smallest absolute Gasteiger partial charge is 0.124 e. The number of unbranched alkanes of at least 4 members (excludes halogenated alkanes) is 9. The number of benzene rings is 1. The molecule has 1 aromatic carbocycles. The molecule has 0 N–H and O–H groups in total. The molecule has 0 saturated carbocycles. The van der Waals surface area contributed by atoms with Gasteiger partial charge in [0.2, 0.25) is 0 Å². The maximum atomic E-state index is 11.2. The SMILES string of the molecule is CCCCCCCCCCCCc1ccccc1S(=O)(=O)[O-].CC[P+](CC)(CC)CC. The minimum absolute atomic E-state index is 0.0501. The number of hydrogen-bond acceptors (Lipinski definition) is 3. The van der Waals surface area contributed by atoms with Crippen LogP contribution in [0, 0.1) is 0 Å². The van der Waals surface area contributed by atoms with Gasteiger partial charge in [0.25, 0.3) is 0 Å². The lowest BCUT2D eigenvalue weighted by atomic mass is 10.0. The van der Waals surface area contributed by atoms with Crippen molar-refractivity contribution in [3.8, 4) is 0 Å². The van der Waals surface area contributed by atoms with Crippen molar-refractivity contribution in [3.63, 3.8) is 0 Å². The summed E-state index contributed by atoms with van der Waals surface area (Å²) in [6, 6.07) is 6.56. The Bertz CT molecular complexity index is 637. The standard InChI is InChI=1S/C18H30O3S.C8H20P/c1-2-3-4-5-6-7-8-9-10-11-14-17-15-12-13-16-18(17)22(19,20)21;1-5-9(6-2,7-3)8-4/h12-13,15-16H,2-11,14H2,1H3,(H,19,20,21);5-8H2,1-4H3/q;+1/p-1. The van der Waals surface area contributed by atoms with Gasteiger partial charge in [0, 0.05) is 7.26 Å². The first kappa shape index (κ1) is 30.6. The normalized spacial score (nSPS) is 11.8. The molecule has 0 aromatic heterocycles. The van der Waals surface area contributed by atoms with E-state index in [9.17, 15) is 13.0 Å². The molecule has 0 atom stereocenters. The molecular weight excluding hydrogens is 423 g/mol. The lowest BCUT2D eigenvalue weighted by Crippen LogP contribution is -2.04. The Labute approximate surface area is 194 Å². The first-order valence-corrected chi connectivity index (χ1v) is 16.6. The molecule has 3 nitrogen and oxygen atoms in total. The molecule has 0 amide bonds. The highest BCUT2D eigenvalue weighted by Gasteiger charge is 2.27. The molecule has 0 unspecified atom stereocenters. The van der Waals surface area contributed by atoms with Crippen LogP contribution in [0.5, 0.6) is 0 Å². The Hall–Kier alpha value is -0.440. The van der Waals surface area contributed by atoms with Crippen LogP contribution in [-0.4, -0.2) is 37.6 Å². The zero-order chi connectivity index (χ0) is 23.6. The number of hydrogen-bond donors (Lipinski definition) is 0. The zero-order valence-corrected chi connectivity index (χ0v) is 22.7. The second-order valence-electron chi connectivity index (χ2n) is 8.60. The summed E-state index contributed by atoms with van der Waals surface area (Å²) >= 11 is 0. The molecule has 0 aliphatic carbocycles. The third kappa shape index (κ3) is 13.6. The summed E-state index contributed by atoms with van der Waals surface area (Å²) in [7, 11) is -4.77. The van der Waals surface area contributed by atoms with E-state index in [2.05, 4.69) is 34.6 Å². The van der Waals surface area contributed by atoms with Crippen LogP contribution in [0.15, 0.2) is 29.2 Å². The molecule has 0 aliphatic heterocycles. The highest BCUT2D eigenvalue weighted by atomic mass is 32.2. The second-order valence-corrected chi connectivity index (χ2v) is 15.2. The van der Waals surface area contributed by atoms with Crippen molar-refractivity contribution in [2.45, 2.75) is 110 Å². The van der Waals surface area contributed by atoms with Crippen LogP contribution in [0.3, 0.4) is 0 Å². The van der Waals surface area contributed by atoms with E-state index in [1.54, 1.807) is 18.2 Å². The van der Waals surface area contributed by atoms with E-state index < -0.39 is 17.4 Å². The van der Waals surface area contributed by atoms with Crippen LogP contribution in [0.1, 0.15) is 104 Å². The Morgan fingerprint density at radius 2 is 1.10 bits per heavy atom. The first-order chi connectivity index (χ1) is 14.8. The Morgan fingerprint density at radius 1 is 0.677 bits per heavy atom. The fourth-order valence-electron chi connectivity index (χ4n) is 4.10. The number of aryl methyl sites for hydroxylation is 1. The van der Waals surface area contributed by atoms with Crippen molar-refractivity contribution in [1.82, 2.24) is 0 Å². The highest BCUT2D eigenvalue weighted by Crippen LogP contribution is 2.57. The Balaban J connectivity index is 0.000000842. The molecule has 0 aliphatic rings. The van der Waals surface area contributed by atoms with Crippen molar-refractivity contribution in [1.29, 1.82) is 0 Å². The summed E-state index contributed by atoms with van der Waals surface area (Å²) in [5.41, 5.74) is 0.664. The Morgan fingerprint density at radius 3 is 1.48 bits per heavy atom. The molecule has 0 heterocycles. The van der Waals surface area contributed by atoms with Gasteiger partial charge < -0.3 is 4.55 Å². The minimum atomic E-state index is -4.35. The minimum Gasteiger partial charge on any atom is -0.744 e. The summed E-state index contributed by atoms with van der Waals surface area (Å²) in [5.74, 6) is 0. The van der Waals surface area contributed by atoms with Crippen LogP contribution >= 0.6 is 7.26 Å². The molecule has 0 radical (unpaired) electrons. The van der Waals surface area contributed by atoms with Gasteiger partial charge >= 0.3 is 0 Å². The Kier molecular flexibility index (Phi) is 17.8. The van der Waals surface area contributed by atoms with Gasteiger partial charge in [0.15, 0.2) is 0 Å². The van der Waals surface area contributed by atoms with Crippen LogP contribution in [0.25, 0.3) is 0 Å². The third-order valence-corrected chi connectivity index (χ3v) is 13.0. The average molecular weight is 473 g/mol. The predicted octanol–water partition coefficient (Wildman–Crippen LogP) is 8.14. The maximum Gasteiger partial charge on any atom is 0.124 e. The third-order valence-electron chi connectivity index (χ3n) is 6.72. The number of rotatable bonds is 16. The summed E-state index contributed by atoms with van der Waals surface area (Å²) in [6.07, 6.45) is 19.0. The van der Waals surface area contributed by atoms with Crippen LogP contribution < -0.4 is 0 Å². The van der Waals surface area contributed by atoms with Gasteiger partial charge in [-0.2, -0.15) is 0 Å². The average Bonchev–Trinajstić information content (AvgIpc) is 2.77. The van der Waals surface area contributed by atoms with Crippen LogP contribution in [0.4, 0.5) is 0 Å². The van der Waals surface area contributed by atoms with Crippen molar-refractivity contribution < 1.29 is 13.0 Å². The maximum absolute atomic E-state index is 11.2. The molecule has 0 fully saturated rings. The summed E-state index contributed by atoms with van der Waals surface area (Å²) < 4.78 is 33.5. The van der Waals surface area contributed by atoms with Gasteiger partial charge in [-0.1, -0.05) is 82.9 Å². The van der Waals surface area contributed by atoms with Gasteiger partial charge in [-0.25, -0.2) is 8.42 Å². The highest BCUT2D eigenvalue weighted by molar-refractivity contribution is 7.85. The molecule has 0 spiro atoms. The molecule has 5 heteroatoms. The van der Waals surface area contributed by atoms with Gasteiger partial charge in [-0.05, 0) is 52.2 Å². The van der Waals surface area contributed by atoms with E-state index in [0.29, 0.717) is 12.0 Å². The molecule has 0 bridgehead atoms. The molecule has 1 aromatic rings. The first-order valence-electron chi connectivity index (χ1n) is 12.7. The quantitative estimate of drug-likeness (QED) is 0.139. The van der Waals surface area contributed by atoms with E-state index in [0.717, 1.165) is 12.8 Å². The van der Waals surface area contributed by atoms with Crippen molar-refractivity contribution in [2.24, 2.45) is 0 Å². The molecule has 31 heavy (non-hydrogen) atoms. The van der Waals surface area contributed by atoms with E-state index in [1.807, 2.05) is 0 Å². The lowest BCUT2D eigenvalue weighted by molar-refractivity contribution is 0.461. The van der Waals surface area contributed by atoms with Gasteiger partial charge in [-0.3, -0.25) is 0 Å². The topological polar surface area (TPSA) is 57.2 Å². The predicted molar refractivity (Wildman–Crippen MR) is 139 cm³/mol. The van der Waals surface area contributed by atoms with Gasteiger partial charge in [0.1, 0.15) is 10.1 Å².